The van der Waals surface area contributed by atoms with Crippen molar-refractivity contribution in [2.24, 2.45) is 7.05 Å². The van der Waals surface area contributed by atoms with Crippen LogP contribution in [0, 0.1) is 0 Å². The Labute approximate surface area is 145 Å². The van der Waals surface area contributed by atoms with Crippen molar-refractivity contribution in [2.75, 3.05) is 30.5 Å². The van der Waals surface area contributed by atoms with Crippen LogP contribution in [0.15, 0.2) is 30.5 Å². The van der Waals surface area contributed by atoms with Gasteiger partial charge in [-0.3, -0.25) is 14.3 Å². The number of hydrogen-bond acceptors (Lipinski definition) is 4. The molecule has 1 aromatic carbocycles. The summed E-state index contributed by atoms with van der Waals surface area (Å²) >= 11 is 0. The molecule has 0 unspecified atom stereocenters. The van der Waals surface area contributed by atoms with E-state index in [1.165, 1.54) is 4.68 Å². The second-order valence-corrected chi connectivity index (χ2v) is 6.58. The Morgan fingerprint density at radius 3 is 2.68 bits per heavy atom. The van der Waals surface area contributed by atoms with Gasteiger partial charge in [-0.1, -0.05) is 0 Å². The molecule has 1 spiro atoms. The zero-order valence-electron chi connectivity index (χ0n) is 14.3. The highest BCUT2D eigenvalue weighted by atomic mass is 16.5. The number of benzene rings is 1. The average Bonchev–Trinajstić information content (AvgIpc) is 3.13. The number of carbonyl (C=O) groups is 2. The van der Waals surface area contributed by atoms with Crippen LogP contribution in [0.5, 0.6) is 0 Å². The number of ether oxygens (including phenoxy) is 1. The number of likely N-dealkylation sites (N-methyl/N-ethyl adjacent to an activating group) is 1. The van der Waals surface area contributed by atoms with Crippen molar-refractivity contribution >= 4 is 23.2 Å². The van der Waals surface area contributed by atoms with Crippen molar-refractivity contribution in [3.63, 3.8) is 0 Å². The molecule has 2 aliphatic rings. The number of rotatable bonds is 2. The number of nitrogens with zero attached hydrogens (tertiary/aromatic N) is 3. The Bertz CT molecular complexity index is 852. The summed E-state index contributed by atoms with van der Waals surface area (Å²) in [5.41, 5.74) is 2.51. The molecule has 0 aliphatic carbocycles. The standard InChI is InChI=1S/C18H20N4O3/c1-21-14-4-3-12(20-16(23)15-5-8-19-22(15)2)11-13(14)18(17(21)24)6-9-25-10-7-18/h3-5,8,11H,6-7,9-10H2,1-2H3,(H,20,23). The SMILES string of the molecule is CN1C(=O)C2(CCOCC2)c2cc(NC(=O)c3ccnn3C)ccc21. The number of amides is 2. The van der Waals surface area contributed by atoms with Crippen molar-refractivity contribution in [3.8, 4) is 0 Å². The molecule has 1 N–H and O–H groups in total. The topological polar surface area (TPSA) is 76.5 Å². The highest BCUT2D eigenvalue weighted by Gasteiger charge is 2.50. The minimum absolute atomic E-state index is 0.112. The van der Waals surface area contributed by atoms with Gasteiger partial charge in [0, 0.05) is 44.9 Å². The Morgan fingerprint density at radius 1 is 1.24 bits per heavy atom. The van der Waals surface area contributed by atoms with Crippen LogP contribution in [0.1, 0.15) is 28.9 Å². The molecule has 7 nitrogen and oxygen atoms in total. The van der Waals surface area contributed by atoms with Gasteiger partial charge in [-0.25, -0.2) is 0 Å². The molecule has 0 bridgehead atoms. The summed E-state index contributed by atoms with van der Waals surface area (Å²) in [4.78, 5) is 27.0. The molecule has 1 fully saturated rings. The molecule has 0 radical (unpaired) electrons. The van der Waals surface area contributed by atoms with Crippen LogP contribution >= 0.6 is 0 Å². The minimum atomic E-state index is -0.532. The first-order valence-corrected chi connectivity index (χ1v) is 8.33. The van der Waals surface area contributed by atoms with E-state index in [4.69, 9.17) is 4.74 Å². The molecule has 3 heterocycles. The molecule has 2 amide bonds. The van der Waals surface area contributed by atoms with Gasteiger partial charge in [0.1, 0.15) is 5.69 Å². The van der Waals surface area contributed by atoms with Crippen molar-refractivity contribution in [1.82, 2.24) is 9.78 Å². The molecule has 4 rings (SSSR count). The number of hydrogen-bond donors (Lipinski definition) is 1. The van der Waals surface area contributed by atoms with Gasteiger partial charge in [0.2, 0.25) is 5.91 Å². The second-order valence-electron chi connectivity index (χ2n) is 6.58. The first-order valence-electron chi connectivity index (χ1n) is 8.33. The van der Waals surface area contributed by atoms with E-state index in [0.29, 0.717) is 37.4 Å². The number of nitrogens with one attached hydrogen (secondary N) is 1. The molecule has 130 valence electrons. The largest absolute Gasteiger partial charge is 0.381 e. The van der Waals surface area contributed by atoms with Gasteiger partial charge in [-0.2, -0.15) is 5.10 Å². The fourth-order valence-corrected chi connectivity index (χ4v) is 3.83. The minimum Gasteiger partial charge on any atom is -0.381 e. The maximum atomic E-state index is 12.9. The molecule has 7 heteroatoms. The average molecular weight is 340 g/mol. The second kappa shape index (κ2) is 5.70. The van der Waals surface area contributed by atoms with Gasteiger partial charge in [-0.05, 0) is 42.7 Å². The normalized spacial score (nSPS) is 18.5. The lowest BCUT2D eigenvalue weighted by Crippen LogP contribution is -2.42. The summed E-state index contributed by atoms with van der Waals surface area (Å²) in [6.45, 7) is 1.15. The van der Waals surface area contributed by atoms with Crippen LogP contribution in [-0.2, 0) is 22.0 Å². The Morgan fingerprint density at radius 2 is 2.00 bits per heavy atom. The molecule has 25 heavy (non-hydrogen) atoms. The van der Waals surface area contributed by atoms with E-state index < -0.39 is 5.41 Å². The van der Waals surface area contributed by atoms with E-state index >= 15 is 0 Å². The first kappa shape index (κ1) is 15.8. The lowest BCUT2D eigenvalue weighted by molar-refractivity contribution is -0.126. The Hall–Kier alpha value is -2.67. The molecular weight excluding hydrogens is 320 g/mol. The number of fused-ring (bicyclic) bond motifs is 2. The molecule has 2 aliphatic heterocycles. The smallest absolute Gasteiger partial charge is 0.273 e. The quantitative estimate of drug-likeness (QED) is 0.903. The van der Waals surface area contributed by atoms with Crippen molar-refractivity contribution in [3.05, 3.63) is 41.7 Å². The maximum absolute atomic E-state index is 12.9. The number of anilines is 2. The highest BCUT2D eigenvalue weighted by molar-refractivity contribution is 6.09. The fraction of sp³-hybridized carbons (Fsp3) is 0.389. The zero-order chi connectivity index (χ0) is 17.6. The number of aryl methyl sites for hydroxylation is 1. The third-order valence-electron chi connectivity index (χ3n) is 5.25. The lowest BCUT2D eigenvalue weighted by atomic mass is 9.75. The van der Waals surface area contributed by atoms with Crippen LogP contribution in [0.4, 0.5) is 11.4 Å². The molecule has 1 saturated heterocycles. The van der Waals surface area contributed by atoms with Gasteiger partial charge < -0.3 is 15.0 Å². The summed E-state index contributed by atoms with van der Waals surface area (Å²) in [7, 11) is 3.53. The lowest BCUT2D eigenvalue weighted by Gasteiger charge is -2.32. The summed E-state index contributed by atoms with van der Waals surface area (Å²) in [5.74, 6) is -0.112. The van der Waals surface area contributed by atoms with Gasteiger partial charge in [0.25, 0.3) is 5.91 Å². The zero-order valence-corrected chi connectivity index (χ0v) is 14.3. The van der Waals surface area contributed by atoms with E-state index in [1.54, 1.807) is 31.3 Å². The summed E-state index contributed by atoms with van der Waals surface area (Å²) in [6, 6.07) is 7.32. The fourth-order valence-electron chi connectivity index (χ4n) is 3.83. The first-order chi connectivity index (χ1) is 12.0. The van der Waals surface area contributed by atoms with Gasteiger partial charge in [0.15, 0.2) is 0 Å². The van der Waals surface area contributed by atoms with Crippen LogP contribution in [0.25, 0.3) is 0 Å². The van der Waals surface area contributed by atoms with Crippen LogP contribution in [-0.4, -0.2) is 41.9 Å². The van der Waals surface area contributed by atoms with Crippen molar-refractivity contribution in [1.29, 1.82) is 0 Å². The van der Waals surface area contributed by atoms with E-state index in [-0.39, 0.29) is 11.8 Å². The van der Waals surface area contributed by atoms with Crippen LogP contribution < -0.4 is 10.2 Å². The molecule has 1 aromatic heterocycles. The van der Waals surface area contributed by atoms with E-state index in [1.807, 2.05) is 18.2 Å². The van der Waals surface area contributed by atoms with Gasteiger partial charge >= 0.3 is 0 Å². The highest BCUT2D eigenvalue weighted by Crippen LogP contribution is 2.47. The predicted molar refractivity (Wildman–Crippen MR) is 92.7 cm³/mol. The Balaban J connectivity index is 1.69. The molecule has 2 aromatic rings. The molecular formula is C18H20N4O3. The summed E-state index contributed by atoms with van der Waals surface area (Å²) < 4.78 is 6.99. The van der Waals surface area contributed by atoms with E-state index in [0.717, 1.165) is 11.3 Å². The maximum Gasteiger partial charge on any atom is 0.273 e. The third kappa shape index (κ3) is 2.34. The van der Waals surface area contributed by atoms with Gasteiger partial charge in [0.05, 0.1) is 5.41 Å². The summed E-state index contributed by atoms with van der Waals surface area (Å²) in [6.07, 6.45) is 2.92. The molecule has 0 saturated carbocycles. The van der Waals surface area contributed by atoms with E-state index in [9.17, 15) is 9.59 Å². The third-order valence-corrected chi connectivity index (χ3v) is 5.25. The monoisotopic (exact) mass is 340 g/mol. The van der Waals surface area contributed by atoms with Crippen molar-refractivity contribution in [2.45, 2.75) is 18.3 Å². The van der Waals surface area contributed by atoms with Gasteiger partial charge in [-0.15, -0.1) is 0 Å². The Kier molecular flexibility index (Phi) is 3.61. The van der Waals surface area contributed by atoms with Crippen LogP contribution in [0.3, 0.4) is 0 Å². The van der Waals surface area contributed by atoms with Crippen LogP contribution in [0.2, 0.25) is 0 Å². The van der Waals surface area contributed by atoms with E-state index in [2.05, 4.69) is 10.4 Å². The number of aromatic nitrogens is 2. The molecule has 0 atom stereocenters. The summed E-state index contributed by atoms with van der Waals surface area (Å²) in [5, 5.41) is 6.92. The number of carbonyl (C=O) groups excluding carboxylic acids is 2. The predicted octanol–water partition coefficient (Wildman–Crippen LogP) is 1.70. The van der Waals surface area contributed by atoms with Crippen molar-refractivity contribution < 1.29 is 14.3 Å².